The Morgan fingerprint density at radius 3 is 2.28 bits per heavy atom. The quantitative estimate of drug-likeness (QED) is 0.924. The van der Waals surface area contributed by atoms with Crippen LogP contribution in [0.3, 0.4) is 0 Å². The standard InChI is InChI=1S/C20H19NO4/c22-19(17-15-10-11-16(25-15)18(17)20(23)24)21-14-9-5-4-8-13(14)12-6-2-1-3-7-12/h1-9,15-18H,10-11H2,(H,21,22)(H,23,24)/p-1/t15-,16+,17+,18-/m1/s1. The van der Waals surface area contributed by atoms with Gasteiger partial charge in [0.25, 0.3) is 0 Å². The molecule has 25 heavy (non-hydrogen) atoms. The number of rotatable bonds is 4. The van der Waals surface area contributed by atoms with Crippen molar-refractivity contribution in [3.63, 3.8) is 0 Å². The van der Waals surface area contributed by atoms with Crippen molar-refractivity contribution >= 4 is 17.6 Å². The van der Waals surface area contributed by atoms with Crippen LogP contribution in [0.25, 0.3) is 11.1 Å². The van der Waals surface area contributed by atoms with E-state index in [1.165, 1.54) is 0 Å². The molecule has 2 aromatic rings. The smallest absolute Gasteiger partial charge is 0.230 e. The fraction of sp³-hybridized carbons (Fsp3) is 0.300. The van der Waals surface area contributed by atoms with Crippen LogP contribution in [0.4, 0.5) is 5.69 Å². The van der Waals surface area contributed by atoms with Crippen LogP contribution < -0.4 is 10.4 Å². The van der Waals surface area contributed by atoms with Gasteiger partial charge in [-0.3, -0.25) is 4.79 Å². The molecule has 2 heterocycles. The third-order valence-corrected chi connectivity index (χ3v) is 5.12. The molecule has 5 nitrogen and oxygen atoms in total. The van der Waals surface area contributed by atoms with Gasteiger partial charge < -0.3 is 20.0 Å². The van der Waals surface area contributed by atoms with E-state index in [1.54, 1.807) is 0 Å². The zero-order valence-corrected chi connectivity index (χ0v) is 13.6. The number of amides is 1. The summed E-state index contributed by atoms with van der Waals surface area (Å²) in [5.41, 5.74) is 2.54. The lowest BCUT2D eigenvalue weighted by Gasteiger charge is -2.28. The highest BCUT2D eigenvalue weighted by Crippen LogP contribution is 2.44. The molecule has 0 saturated carbocycles. The molecule has 0 aromatic heterocycles. The normalized spacial score (nSPS) is 27.2. The number of anilines is 1. The molecule has 128 valence electrons. The minimum atomic E-state index is -1.20. The van der Waals surface area contributed by atoms with Crippen LogP contribution in [0.5, 0.6) is 0 Å². The van der Waals surface area contributed by atoms with Crippen LogP contribution in [-0.4, -0.2) is 24.1 Å². The molecule has 0 aliphatic carbocycles. The first kappa shape index (κ1) is 15.8. The lowest BCUT2D eigenvalue weighted by molar-refractivity contribution is -0.313. The first-order valence-electron chi connectivity index (χ1n) is 8.47. The maximum atomic E-state index is 12.8. The molecule has 1 amide bonds. The summed E-state index contributed by atoms with van der Waals surface area (Å²) in [6.45, 7) is 0. The second-order valence-electron chi connectivity index (χ2n) is 6.56. The molecule has 4 rings (SSSR count). The molecule has 0 spiro atoms. The van der Waals surface area contributed by atoms with E-state index in [2.05, 4.69) is 5.32 Å². The van der Waals surface area contributed by atoms with Gasteiger partial charge in [-0.2, -0.15) is 0 Å². The van der Waals surface area contributed by atoms with Crippen LogP contribution in [0.15, 0.2) is 54.6 Å². The van der Waals surface area contributed by atoms with Crippen LogP contribution >= 0.6 is 0 Å². The topological polar surface area (TPSA) is 78.5 Å². The number of carboxylic acids is 1. The van der Waals surface area contributed by atoms with Crippen molar-refractivity contribution in [1.82, 2.24) is 0 Å². The van der Waals surface area contributed by atoms with Gasteiger partial charge in [-0.15, -0.1) is 0 Å². The van der Waals surface area contributed by atoms with Gasteiger partial charge in [0.15, 0.2) is 0 Å². The third kappa shape index (κ3) is 2.81. The highest BCUT2D eigenvalue weighted by Gasteiger charge is 2.52. The van der Waals surface area contributed by atoms with E-state index in [0.29, 0.717) is 18.5 Å². The monoisotopic (exact) mass is 336 g/mol. The number of hydrogen-bond donors (Lipinski definition) is 1. The zero-order valence-electron chi connectivity index (χ0n) is 13.6. The van der Waals surface area contributed by atoms with Gasteiger partial charge in [0.2, 0.25) is 5.91 Å². The largest absolute Gasteiger partial charge is 0.550 e. The molecule has 0 unspecified atom stereocenters. The Labute approximate surface area is 145 Å². The van der Waals surface area contributed by atoms with Gasteiger partial charge in [0.1, 0.15) is 0 Å². The lowest BCUT2D eigenvalue weighted by Crippen LogP contribution is -2.46. The van der Waals surface area contributed by atoms with E-state index >= 15 is 0 Å². The molecular formula is C20H18NO4-. The molecule has 0 radical (unpaired) electrons. The number of benzene rings is 2. The van der Waals surface area contributed by atoms with Crippen molar-refractivity contribution in [3.05, 3.63) is 54.6 Å². The summed E-state index contributed by atoms with van der Waals surface area (Å²) in [6, 6.07) is 17.2. The molecule has 2 aliphatic rings. The van der Waals surface area contributed by atoms with Gasteiger partial charge in [0.05, 0.1) is 18.1 Å². The SMILES string of the molecule is O=C(Nc1ccccc1-c1ccccc1)[C@@H]1[C@H](C(=O)[O-])[C@@H]2CC[C@H]1O2. The van der Waals surface area contributed by atoms with E-state index in [1.807, 2.05) is 54.6 Å². The Bertz CT molecular complexity index is 804. The minimum Gasteiger partial charge on any atom is -0.550 e. The fourth-order valence-electron chi connectivity index (χ4n) is 3.99. The predicted octanol–water partition coefficient (Wildman–Crippen LogP) is 1.84. The maximum Gasteiger partial charge on any atom is 0.230 e. The summed E-state index contributed by atoms with van der Waals surface area (Å²) in [5, 5.41) is 14.4. The Morgan fingerprint density at radius 1 is 0.920 bits per heavy atom. The summed E-state index contributed by atoms with van der Waals surface area (Å²) < 4.78 is 5.65. The Balaban J connectivity index is 1.61. The number of ether oxygens (including phenoxy) is 1. The second-order valence-corrected chi connectivity index (χ2v) is 6.56. The second kappa shape index (κ2) is 6.33. The Kier molecular flexibility index (Phi) is 4.01. The summed E-state index contributed by atoms with van der Waals surface area (Å²) in [7, 11) is 0. The molecule has 2 bridgehead atoms. The summed E-state index contributed by atoms with van der Waals surface area (Å²) in [5.74, 6) is -3.09. The van der Waals surface area contributed by atoms with Crippen LogP contribution in [0.2, 0.25) is 0 Å². The van der Waals surface area contributed by atoms with Crippen LogP contribution in [0, 0.1) is 11.8 Å². The average molecular weight is 336 g/mol. The van der Waals surface area contributed by atoms with E-state index in [0.717, 1.165) is 11.1 Å². The van der Waals surface area contributed by atoms with Crippen LogP contribution in [0.1, 0.15) is 12.8 Å². The van der Waals surface area contributed by atoms with Crippen molar-refractivity contribution in [3.8, 4) is 11.1 Å². The predicted molar refractivity (Wildman–Crippen MR) is 90.4 cm³/mol. The third-order valence-electron chi connectivity index (χ3n) is 5.12. The molecule has 5 heteroatoms. The Morgan fingerprint density at radius 2 is 1.56 bits per heavy atom. The molecule has 2 aromatic carbocycles. The van der Waals surface area contributed by atoms with Gasteiger partial charge in [-0.1, -0.05) is 48.5 Å². The average Bonchev–Trinajstić information content (AvgIpc) is 3.24. The first-order valence-corrected chi connectivity index (χ1v) is 8.47. The minimum absolute atomic E-state index is 0.315. The molecular weight excluding hydrogens is 318 g/mol. The molecule has 4 atom stereocenters. The number of fused-ring (bicyclic) bond motifs is 2. The van der Waals surface area contributed by atoms with Crippen molar-refractivity contribution in [2.45, 2.75) is 25.0 Å². The van der Waals surface area contributed by atoms with Gasteiger partial charge in [-0.05, 0) is 24.5 Å². The molecule has 2 aliphatic heterocycles. The van der Waals surface area contributed by atoms with Gasteiger partial charge in [0, 0.05) is 23.1 Å². The van der Waals surface area contributed by atoms with E-state index in [4.69, 9.17) is 4.74 Å². The molecule has 2 saturated heterocycles. The number of carboxylic acid groups (broad SMARTS) is 1. The summed E-state index contributed by atoms with van der Waals surface area (Å²) in [4.78, 5) is 24.3. The summed E-state index contributed by atoms with van der Waals surface area (Å²) in [6.07, 6.45) is 0.646. The number of aliphatic carboxylic acids is 1. The Hall–Kier alpha value is -2.66. The highest BCUT2D eigenvalue weighted by molar-refractivity contribution is 5.99. The van der Waals surface area contributed by atoms with E-state index in [-0.39, 0.29) is 12.0 Å². The number of nitrogens with one attached hydrogen (secondary N) is 1. The maximum absolute atomic E-state index is 12.8. The van der Waals surface area contributed by atoms with Crippen LogP contribution in [-0.2, 0) is 14.3 Å². The van der Waals surface area contributed by atoms with Crippen molar-refractivity contribution in [2.24, 2.45) is 11.8 Å². The van der Waals surface area contributed by atoms with Gasteiger partial charge >= 0.3 is 0 Å². The number of carbonyl (C=O) groups is 2. The summed E-state index contributed by atoms with van der Waals surface area (Å²) >= 11 is 0. The number of carbonyl (C=O) groups excluding carboxylic acids is 2. The highest BCUT2D eigenvalue weighted by atomic mass is 16.5. The first-order chi connectivity index (χ1) is 12.1. The molecule has 1 N–H and O–H groups in total. The number of para-hydroxylation sites is 1. The van der Waals surface area contributed by atoms with Crippen molar-refractivity contribution in [2.75, 3.05) is 5.32 Å². The van der Waals surface area contributed by atoms with E-state index in [9.17, 15) is 14.7 Å². The number of hydrogen-bond acceptors (Lipinski definition) is 4. The van der Waals surface area contributed by atoms with Crippen molar-refractivity contribution in [1.29, 1.82) is 0 Å². The van der Waals surface area contributed by atoms with E-state index < -0.39 is 23.9 Å². The zero-order chi connectivity index (χ0) is 17.4. The fourth-order valence-corrected chi connectivity index (χ4v) is 3.99. The van der Waals surface area contributed by atoms with Crippen molar-refractivity contribution < 1.29 is 19.4 Å². The molecule has 2 fully saturated rings. The van der Waals surface area contributed by atoms with Gasteiger partial charge in [-0.25, -0.2) is 0 Å². The lowest BCUT2D eigenvalue weighted by atomic mass is 9.78.